The topological polar surface area (TPSA) is 66.9 Å². The predicted molar refractivity (Wildman–Crippen MR) is 69.0 cm³/mol. The molecule has 0 aliphatic heterocycles. The number of nitrogens with one attached hydrogen (secondary N) is 1. The van der Waals surface area contributed by atoms with Gasteiger partial charge in [-0.2, -0.15) is 0 Å². The Hall–Kier alpha value is -0.770. The minimum Gasteiger partial charge on any atom is -0.387 e. The Morgan fingerprint density at radius 3 is 2.25 bits per heavy atom. The average Bonchev–Trinajstić information content (AvgIpc) is 2.10. The number of hydrogen-bond acceptors (Lipinski definition) is 2. The number of nitrogens with two attached hydrogens (primary N) is 1. The van der Waals surface area contributed by atoms with E-state index in [0.717, 1.165) is 0 Å². The van der Waals surface area contributed by atoms with Gasteiger partial charge in [0.25, 0.3) is 0 Å². The summed E-state index contributed by atoms with van der Waals surface area (Å²) in [4.78, 5) is 11.4. The Morgan fingerprint density at radius 1 is 1.31 bits per heavy atom. The zero-order valence-electron chi connectivity index (χ0n) is 8.30. The van der Waals surface area contributed by atoms with Crippen molar-refractivity contribution in [3.63, 3.8) is 0 Å². The lowest BCUT2D eigenvalue weighted by molar-refractivity contribution is -0.117. The van der Waals surface area contributed by atoms with Crippen LogP contribution in [-0.2, 0) is 11.2 Å². The molecule has 0 bridgehead atoms. The molecule has 0 unspecified atom stereocenters. The maximum atomic E-state index is 11.4. The minimum atomic E-state index is -0.169. The van der Waals surface area contributed by atoms with Gasteiger partial charge in [0.2, 0.25) is 0 Å². The molecular weight excluding hydrogens is 270 g/mol. The van der Waals surface area contributed by atoms with Gasteiger partial charge in [-0.05, 0) is 17.7 Å². The van der Waals surface area contributed by atoms with Crippen LogP contribution < -0.4 is 5.73 Å². The summed E-state index contributed by atoms with van der Waals surface area (Å²) < 4.78 is 0. The van der Waals surface area contributed by atoms with Crippen LogP contribution in [0.1, 0.15) is 12.0 Å². The van der Waals surface area contributed by atoms with Crippen molar-refractivity contribution in [2.75, 3.05) is 0 Å². The Morgan fingerprint density at radius 2 is 1.81 bits per heavy atom. The third-order valence-electron chi connectivity index (χ3n) is 1.82. The van der Waals surface area contributed by atoms with Crippen LogP contribution in [0.4, 0.5) is 0 Å². The van der Waals surface area contributed by atoms with E-state index in [1.165, 1.54) is 0 Å². The van der Waals surface area contributed by atoms with Crippen molar-refractivity contribution in [1.82, 2.24) is 0 Å². The summed E-state index contributed by atoms with van der Waals surface area (Å²) in [7, 11) is 0. The summed E-state index contributed by atoms with van der Waals surface area (Å²) in [5.41, 5.74) is 5.71. The predicted octanol–water partition coefficient (Wildman–Crippen LogP) is 2.85. The second-order valence-electron chi connectivity index (χ2n) is 3.12. The number of carbonyl (C=O) groups excluding carboxylic acids is 1. The van der Waals surface area contributed by atoms with Crippen molar-refractivity contribution in [1.29, 1.82) is 5.41 Å². The number of benzene rings is 1. The van der Waals surface area contributed by atoms with Crippen LogP contribution in [0.15, 0.2) is 18.2 Å². The molecule has 0 spiro atoms. The van der Waals surface area contributed by atoms with E-state index in [2.05, 4.69) is 0 Å². The summed E-state index contributed by atoms with van der Waals surface area (Å²) >= 11 is 11.8. The summed E-state index contributed by atoms with van der Waals surface area (Å²) in [5.74, 6) is -0.319. The highest BCUT2D eigenvalue weighted by molar-refractivity contribution is 6.36. The maximum Gasteiger partial charge on any atom is 0.144 e. The molecule has 0 saturated carbocycles. The van der Waals surface area contributed by atoms with E-state index in [0.29, 0.717) is 15.6 Å². The van der Waals surface area contributed by atoms with Gasteiger partial charge in [-0.25, -0.2) is 0 Å². The van der Waals surface area contributed by atoms with Crippen LogP contribution >= 0.6 is 35.6 Å². The van der Waals surface area contributed by atoms with Gasteiger partial charge >= 0.3 is 0 Å². The second kappa shape index (κ2) is 6.74. The van der Waals surface area contributed by atoms with E-state index < -0.39 is 0 Å². The molecule has 0 amide bonds. The standard InChI is InChI=1S/C10H10Cl2N2O.ClH/c11-8-2-1-3-9(12)7(8)4-6(15)5-10(13)14;/h1-3H,4-5H2,(H3,13,14);1H. The molecule has 0 saturated heterocycles. The van der Waals surface area contributed by atoms with Gasteiger partial charge in [0, 0.05) is 16.5 Å². The number of amidine groups is 1. The van der Waals surface area contributed by atoms with Gasteiger partial charge in [-0.1, -0.05) is 29.3 Å². The Balaban J connectivity index is 0.00000225. The van der Waals surface area contributed by atoms with Gasteiger partial charge in [0.1, 0.15) is 5.78 Å². The Kier molecular flexibility index (Phi) is 6.41. The molecule has 16 heavy (non-hydrogen) atoms. The molecule has 0 fully saturated rings. The Labute approximate surface area is 110 Å². The smallest absolute Gasteiger partial charge is 0.144 e. The number of carbonyl (C=O) groups is 1. The van der Waals surface area contributed by atoms with Crippen LogP contribution in [0.25, 0.3) is 0 Å². The molecule has 0 aliphatic carbocycles. The fourth-order valence-corrected chi connectivity index (χ4v) is 1.70. The minimum absolute atomic E-state index is 0. The number of Topliss-reactive ketones (excluding diaryl/α,β-unsaturated/α-hetero) is 1. The summed E-state index contributed by atoms with van der Waals surface area (Å²) in [6.45, 7) is 0. The lowest BCUT2D eigenvalue weighted by atomic mass is 10.1. The highest BCUT2D eigenvalue weighted by Crippen LogP contribution is 2.24. The normalized spacial score (nSPS) is 9.38. The van der Waals surface area contributed by atoms with E-state index in [1.807, 2.05) is 0 Å². The zero-order valence-corrected chi connectivity index (χ0v) is 10.6. The van der Waals surface area contributed by atoms with Crippen molar-refractivity contribution in [2.24, 2.45) is 5.73 Å². The number of hydrogen-bond donors (Lipinski definition) is 2. The molecule has 1 rings (SSSR count). The van der Waals surface area contributed by atoms with Crippen LogP contribution in [0, 0.1) is 5.41 Å². The van der Waals surface area contributed by atoms with Crippen molar-refractivity contribution >= 4 is 47.2 Å². The lowest BCUT2D eigenvalue weighted by Gasteiger charge is -2.05. The fraction of sp³-hybridized carbons (Fsp3) is 0.200. The molecular formula is C10H11Cl3N2O. The second-order valence-corrected chi connectivity index (χ2v) is 3.93. The van der Waals surface area contributed by atoms with E-state index >= 15 is 0 Å². The summed E-state index contributed by atoms with van der Waals surface area (Å²) in [6, 6.07) is 5.05. The third kappa shape index (κ3) is 4.39. The quantitative estimate of drug-likeness (QED) is 0.658. The molecule has 1 aromatic rings. The third-order valence-corrected chi connectivity index (χ3v) is 2.53. The average molecular weight is 282 g/mol. The number of halogens is 3. The molecule has 0 radical (unpaired) electrons. The largest absolute Gasteiger partial charge is 0.387 e. The molecule has 1 aromatic carbocycles. The van der Waals surface area contributed by atoms with Crippen LogP contribution in [0.3, 0.4) is 0 Å². The lowest BCUT2D eigenvalue weighted by Crippen LogP contribution is -2.17. The molecule has 0 aliphatic rings. The van der Waals surface area contributed by atoms with Crippen molar-refractivity contribution < 1.29 is 4.79 Å². The van der Waals surface area contributed by atoms with Crippen molar-refractivity contribution in [2.45, 2.75) is 12.8 Å². The van der Waals surface area contributed by atoms with Crippen LogP contribution in [0.2, 0.25) is 10.0 Å². The molecule has 0 aromatic heterocycles. The zero-order chi connectivity index (χ0) is 11.4. The van der Waals surface area contributed by atoms with Gasteiger partial charge in [-0.3, -0.25) is 10.2 Å². The van der Waals surface area contributed by atoms with Crippen LogP contribution in [-0.4, -0.2) is 11.6 Å². The van der Waals surface area contributed by atoms with Crippen molar-refractivity contribution in [3.05, 3.63) is 33.8 Å². The monoisotopic (exact) mass is 280 g/mol. The highest BCUT2D eigenvalue weighted by Gasteiger charge is 2.11. The van der Waals surface area contributed by atoms with Gasteiger partial charge in [0.05, 0.1) is 12.3 Å². The van der Waals surface area contributed by atoms with Gasteiger partial charge < -0.3 is 5.73 Å². The van der Waals surface area contributed by atoms with Gasteiger partial charge in [-0.15, -0.1) is 12.4 Å². The SMILES string of the molecule is Cl.N=C(N)CC(=O)Cc1c(Cl)cccc1Cl. The molecule has 3 N–H and O–H groups in total. The Bertz CT molecular complexity index is 387. The number of rotatable bonds is 4. The van der Waals surface area contributed by atoms with E-state index in [9.17, 15) is 4.79 Å². The van der Waals surface area contributed by atoms with Gasteiger partial charge in [0.15, 0.2) is 0 Å². The number of ketones is 1. The summed E-state index contributed by atoms with van der Waals surface area (Å²) in [5, 5.41) is 7.90. The first kappa shape index (κ1) is 15.2. The van der Waals surface area contributed by atoms with Crippen LogP contribution in [0.5, 0.6) is 0 Å². The first-order valence-electron chi connectivity index (χ1n) is 4.28. The summed E-state index contributed by atoms with van der Waals surface area (Å²) in [6.07, 6.45) is 0.0413. The van der Waals surface area contributed by atoms with E-state index in [1.54, 1.807) is 18.2 Å². The first-order valence-corrected chi connectivity index (χ1v) is 5.03. The van der Waals surface area contributed by atoms with E-state index in [4.69, 9.17) is 34.3 Å². The fourth-order valence-electron chi connectivity index (χ4n) is 1.17. The van der Waals surface area contributed by atoms with Crippen molar-refractivity contribution in [3.8, 4) is 0 Å². The molecule has 88 valence electrons. The molecule has 3 nitrogen and oxygen atoms in total. The maximum absolute atomic E-state index is 11.4. The highest BCUT2D eigenvalue weighted by atomic mass is 35.5. The van der Waals surface area contributed by atoms with E-state index in [-0.39, 0.29) is 36.9 Å². The molecule has 6 heteroatoms. The molecule has 0 heterocycles. The first-order chi connectivity index (χ1) is 7.00. The molecule has 0 atom stereocenters.